The summed E-state index contributed by atoms with van der Waals surface area (Å²) in [5.74, 6) is -1.23. The maximum Gasteiger partial charge on any atom is 0.412 e. The van der Waals surface area contributed by atoms with E-state index in [2.05, 4.69) is 5.32 Å². The number of carbonyl (C=O) groups excluding carboxylic acids is 3. The molecule has 3 aliphatic rings. The molecule has 0 saturated heterocycles. The van der Waals surface area contributed by atoms with Gasteiger partial charge in [-0.3, -0.25) is 4.55 Å². The molecule has 0 radical (unpaired) electrons. The van der Waals surface area contributed by atoms with Crippen molar-refractivity contribution >= 4 is 39.3 Å². The first kappa shape index (κ1) is 22.0. The monoisotopic (exact) mass is 481 g/mol. The fraction of sp³-hybridized carbons (Fsp3) is 0.571. The lowest BCUT2D eigenvalue weighted by Crippen LogP contribution is -2.36. The molecule has 3 heterocycles. The maximum atomic E-state index is 12.5. The lowest BCUT2D eigenvalue weighted by Gasteiger charge is -2.39. The summed E-state index contributed by atoms with van der Waals surface area (Å²) in [7, 11) is -4.34. The number of furan rings is 2. The van der Waals surface area contributed by atoms with Gasteiger partial charge < -0.3 is 23.9 Å². The van der Waals surface area contributed by atoms with Crippen LogP contribution in [-0.4, -0.2) is 49.9 Å². The summed E-state index contributed by atoms with van der Waals surface area (Å²) in [5.41, 5.74) is -0.715. The molecule has 0 spiro atoms. The normalized spacial score (nSPS) is 24.0. The van der Waals surface area contributed by atoms with E-state index in [1.165, 1.54) is 25.7 Å². The Morgan fingerprint density at radius 1 is 1.12 bits per heavy atom. The number of hydrogen-bond acceptors (Lipinski definition) is 9. The molecule has 2 atom stereocenters. The summed E-state index contributed by atoms with van der Waals surface area (Å²) in [5, 5.41) is 2.75. The summed E-state index contributed by atoms with van der Waals surface area (Å²) < 4.78 is 51.1. The number of fused-ring (bicyclic) bond motifs is 3. The second-order valence-corrected chi connectivity index (χ2v) is 10.6. The fourth-order valence-electron chi connectivity index (χ4n) is 5.38. The van der Waals surface area contributed by atoms with Crippen LogP contribution in [0.4, 0.5) is 4.79 Å². The van der Waals surface area contributed by atoms with Crippen molar-refractivity contribution < 1.29 is 46.0 Å². The highest BCUT2D eigenvalue weighted by Gasteiger charge is 2.44. The molecule has 178 valence electrons. The van der Waals surface area contributed by atoms with Gasteiger partial charge in [0.05, 0.1) is 0 Å². The number of esters is 2. The van der Waals surface area contributed by atoms with E-state index in [4.69, 9.17) is 23.2 Å². The summed E-state index contributed by atoms with van der Waals surface area (Å²) >= 11 is 0. The van der Waals surface area contributed by atoms with Gasteiger partial charge in [-0.05, 0) is 37.0 Å². The lowest BCUT2D eigenvalue weighted by atomic mass is 9.68. The first-order valence-corrected chi connectivity index (χ1v) is 12.5. The third-order valence-corrected chi connectivity index (χ3v) is 7.34. The van der Waals surface area contributed by atoms with Crippen LogP contribution < -0.4 is 14.8 Å². The molecule has 0 aromatic carbocycles. The van der Waals surface area contributed by atoms with E-state index in [9.17, 15) is 22.8 Å². The van der Waals surface area contributed by atoms with Crippen LogP contribution in [0.1, 0.15) is 59.2 Å². The van der Waals surface area contributed by atoms with E-state index in [1.54, 1.807) is 0 Å². The lowest BCUT2D eigenvalue weighted by molar-refractivity contribution is 0.0523. The number of benzene rings is 1. The van der Waals surface area contributed by atoms with Gasteiger partial charge >= 0.3 is 18.0 Å². The average Bonchev–Trinajstić information content (AvgIpc) is 3.35. The van der Waals surface area contributed by atoms with Crippen LogP contribution in [0.15, 0.2) is 4.42 Å². The molecule has 2 N–H and O–H groups in total. The zero-order valence-corrected chi connectivity index (χ0v) is 18.4. The second kappa shape index (κ2) is 8.17. The second-order valence-electron chi connectivity index (χ2n) is 8.99. The Labute approximate surface area is 188 Å². The third-order valence-electron chi connectivity index (χ3n) is 6.66. The molecule has 5 rings (SSSR count). The van der Waals surface area contributed by atoms with Crippen molar-refractivity contribution in [3.63, 3.8) is 0 Å². The predicted molar refractivity (Wildman–Crippen MR) is 111 cm³/mol. The average molecular weight is 481 g/mol. The maximum absolute atomic E-state index is 12.5. The predicted octanol–water partition coefficient (Wildman–Crippen LogP) is 2.75. The van der Waals surface area contributed by atoms with Crippen LogP contribution in [0.2, 0.25) is 0 Å². The Hall–Kier alpha value is -2.86. The highest BCUT2D eigenvalue weighted by atomic mass is 32.2. The van der Waals surface area contributed by atoms with Gasteiger partial charge in [0.1, 0.15) is 23.5 Å². The van der Waals surface area contributed by atoms with Crippen molar-refractivity contribution in [1.29, 1.82) is 0 Å². The van der Waals surface area contributed by atoms with Gasteiger partial charge in [-0.25, -0.2) is 14.4 Å². The van der Waals surface area contributed by atoms with Crippen LogP contribution in [0, 0.1) is 17.8 Å². The zero-order chi connectivity index (χ0) is 23.3. The number of carbonyl (C=O) groups is 3. The quantitative estimate of drug-likeness (QED) is 0.445. The zero-order valence-electron chi connectivity index (χ0n) is 17.6. The Morgan fingerprint density at radius 2 is 1.85 bits per heavy atom. The van der Waals surface area contributed by atoms with Crippen LogP contribution in [0.5, 0.6) is 11.5 Å². The summed E-state index contributed by atoms with van der Waals surface area (Å²) in [4.78, 5) is 37.1. The number of amides is 1. The van der Waals surface area contributed by atoms with Gasteiger partial charge in [-0.2, -0.15) is 8.42 Å². The molecule has 1 aliphatic heterocycles. The molecule has 2 saturated carbocycles. The highest BCUT2D eigenvalue weighted by Crippen LogP contribution is 2.52. The van der Waals surface area contributed by atoms with Crippen molar-refractivity contribution in [2.75, 3.05) is 18.9 Å². The topological polar surface area (TPSA) is 158 Å². The Morgan fingerprint density at radius 3 is 2.55 bits per heavy atom. The number of ether oxygens (including phenoxy) is 3. The molecule has 2 aliphatic carbocycles. The highest BCUT2D eigenvalue weighted by molar-refractivity contribution is 7.85. The summed E-state index contributed by atoms with van der Waals surface area (Å²) in [6.07, 6.45) is 6.42. The molecule has 2 unspecified atom stereocenters. The molecule has 2 fully saturated rings. The van der Waals surface area contributed by atoms with Gasteiger partial charge in [0, 0.05) is 6.54 Å². The first-order valence-electron chi connectivity index (χ1n) is 10.9. The molecular weight excluding hydrogens is 458 g/mol. The van der Waals surface area contributed by atoms with Gasteiger partial charge in [-0.15, -0.1) is 0 Å². The SMILES string of the molecule is O=C(NCC1CC2CCCC(C2)C1)Oc1c2c3oc1c(C(=O)OCCS(=O)(=O)O)c3C(=O)O2. The molecule has 33 heavy (non-hydrogen) atoms. The van der Waals surface area contributed by atoms with E-state index in [-0.39, 0.29) is 33.8 Å². The minimum atomic E-state index is -4.34. The minimum absolute atomic E-state index is 0.0420. The van der Waals surface area contributed by atoms with Crippen LogP contribution in [-0.2, 0) is 14.9 Å². The molecule has 11 nitrogen and oxygen atoms in total. The first-order chi connectivity index (χ1) is 15.7. The van der Waals surface area contributed by atoms with Crippen molar-refractivity contribution in [2.45, 2.75) is 38.5 Å². The largest absolute Gasteiger partial charge is 0.461 e. The Kier molecular flexibility index (Phi) is 5.44. The van der Waals surface area contributed by atoms with E-state index in [0.717, 1.165) is 12.8 Å². The van der Waals surface area contributed by atoms with Gasteiger partial charge in [0.15, 0.2) is 11.2 Å². The smallest absolute Gasteiger partial charge is 0.412 e. The van der Waals surface area contributed by atoms with Gasteiger partial charge in [0.25, 0.3) is 10.1 Å². The van der Waals surface area contributed by atoms with Crippen molar-refractivity contribution in [3.05, 3.63) is 11.1 Å². The van der Waals surface area contributed by atoms with Crippen molar-refractivity contribution in [1.82, 2.24) is 5.32 Å². The van der Waals surface area contributed by atoms with Gasteiger partial charge in [0.2, 0.25) is 11.5 Å². The Bertz CT molecular complexity index is 1200. The van der Waals surface area contributed by atoms with E-state index in [1.807, 2.05) is 0 Å². The molecule has 2 aromatic heterocycles. The summed E-state index contributed by atoms with van der Waals surface area (Å²) in [6.45, 7) is -0.171. The van der Waals surface area contributed by atoms with E-state index >= 15 is 0 Å². The number of nitrogens with one attached hydrogen (secondary N) is 1. The number of rotatable bonds is 7. The third kappa shape index (κ3) is 4.24. The minimum Gasteiger partial charge on any atom is -0.461 e. The molecule has 1 amide bonds. The van der Waals surface area contributed by atoms with Crippen molar-refractivity contribution in [2.24, 2.45) is 17.8 Å². The van der Waals surface area contributed by atoms with E-state index in [0.29, 0.717) is 24.3 Å². The summed E-state index contributed by atoms with van der Waals surface area (Å²) in [6, 6.07) is 0. The number of hydrogen-bond donors (Lipinski definition) is 2. The van der Waals surface area contributed by atoms with Gasteiger partial charge in [-0.1, -0.05) is 19.3 Å². The molecular formula is C21H23NO10S. The van der Waals surface area contributed by atoms with E-state index < -0.39 is 40.5 Å². The van der Waals surface area contributed by atoms with Crippen LogP contribution >= 0.6 is 0 Å². The Balaban J connectivity index is 1.26. The molecule has 12 heteroatoms. The fourth-order valence-corrected chi connectivity index (χ4v) is 5.67. The van der Waals surface area contributed by atoms with Crippen LogP contribution in [0.25, 0.3) is 11.2 Å². The van der Waals surface area contributed by atoms with Crippen molar-refractivity contribution in [3.8, 4) is 11.5 Å². The van der Waals surface area contributed by atoms with Crippen LogP contribution in [0.3, 0.4) is 0 Å². The molecule has 4 bridgehead atoms. The molecule has 2 aromatic rings. The standard InChI is InChI=1S/C21H23NO10S/c23-19(29-4-5-33(26,27)28)13-14-16-17(31-20(14)24)18(15(13)30-16)32-21(25)22-9-12-7-10-2-1-3-11(6-10)8-12/h10-12H,1-9H2,(H,22,25)(H,26,27,28).